The number of ether oxygens (including phenoxy) is 1. The summed E-state index contributed by atoms with van der Waals surface area (Å²) in [6.07, 6.45) is 7.60. The molecule has 0 atom stereocenters. The van der Waals surface area contributed by atoms with Crippen LogP contribution in [0.3, 0.4) is 0 Å². The molecule has 1 aliphatic heterocycles. The van der Waals surface area contributed by atoms with Crippen molar-refractivity contribution in [2.45, 2.75) is 62.8 Å². The first-order valence-electron chi connectivity index (χ1n) is 11.1. The summed E-state index contributed by atoms with van der Waals surface area (Å²) in [5, 5.41) is 9.31. The maximum Gasteiger partial charge on any atom is 0.316 e. The highest BCUT2D eigenvalue weighted by molar-refractivity contribution is 7.99. The molecule has 8 nitrogen and oxygen atoms in total. The van der Waals surface area contributed by atoms with Crippen molar-refractivity contribution in [2.24, 2.45) is 0 Å². The molecule has 0 spiro atoms. The van der Waals surface area contributed by atoms with Crippen molar-refractivity contribution in [2.75, 3.05) is 18.8 Å². The summed E-state index contributed by atoms with van der Waals surface area (Å²) in [4.78, 5) is 27.1. The monoisotopic (exact) mass is 441 g/mol. The van der Waals surface area contributed by atoms with E-state index in [9.17, 15) is 9.59 Å². The lowest BCUT2D eigenvalue weighted by molar-refractivity contribution is -0.147. The summed E-state index contributed by atoms with van der Waals surface area (Å²) < 4.78 is 9.49. The number of rotatable bonds is 6. The predicted molar refractivity (Wildman–Crippen MR) is 118 cm³/mol. The van der Waals surface area contributed by atoms with Crippen molar-refractivity contribution < 1.29 is 14.3 Å². The molecule has 1 saturated carbocycles. The van der Waals surface area contributed by atoms with Crippen LogP contribution < -0.4 is 0 Å². The number of fused-ring (bicyclic) bond motifs is 3. The zero-order chi connectivity index (χ0) is 21.2. The first kappa shape index (κ1) is 20.4. The van der Waals surface area contributed by atoms with Gasteiger partial charge in [-0.2, -0.15) is 0 Å². The summed E-state index contributed by atoms with van der Waals surface area (Å²) in [7, 11) is 0. The van der Waals surface area contributed by atoms with Crippen LogP contribution in [0.2, 0.25) is 0 Å². The number of carbonyl (C=O) groups excluding carboxylic acids is 2. The molecular formula is C22H27N5O3S. The number of para-hydroxylation sites is 2. The summed E-state index contributed by atoms with van der Waals surface area (Å²) in [5.41, 5.74) is 1.87. The maximum absolute atomic E-state index is 12.8. The second kappa shape index (κ2) is 8.90. The second-order valence-electron chi connectivity index (χ2n) is 8.32. The van der Waals surface area contributed by atoms with E-state index in [1.165, 1.54) is 18.2 Å². The van der Waals surface area contributed by atoms with Crippen LogP contribution in [0.1, 0.15) is 44.9 Å². The van der Waals surface area contributed by atoms with Crippen molar-refractivity contribution in [3.05, 3.63) is 24.3 Å². The lowest BCUT2D eigenvalue weighted by atomic mass is 9.98. The van der Waals surface area contributed by atoms with Gasteiger partial charge in [0.2, 0.25) is 11.7 Å². The molecule has 0 bridgehead atoms. The number of imidazole rings is 1. The van der Waals surface area contributed by atoms with Crippen LogP contribution in [0.5, 0.6) is 0 Å². The van der Waals surface area contributed by atoms with Gasteiger partial charge in [-0.05, 0) is 50.7 Å². The molecule has 1 aliphatic carbocycles. The average Bonchev–Trinajstić information content (AvgIpc) is 3.52. The van der Waals surface area contributed by atoms with Crippen LogP contribution in [-0.4, -0.2) is 60.9 Å². The number of aromatic nitrogens is 4. The number of esters is 1. The Morgan fingerprint density at radius 2 is 1.74 bits per heavy atom. The highest BCUT2D eigenvalue weighted by Crippen LogP contribution is 2.27. The Labute approximate surface area is 184 Å². The highest BCUT2D eigenvalue weighted by atomic mass is 32.2. The van der Waals surface area contributed by atoms with E-state index >= 15 is 0 Å². The van der Waals surface area contributed by atoms with Gasteiger partial charge in [-0.25, -0.2) is 0 Å². The standard InChI is InChI=1S/C22H27N5O3S/c28-19(25-12-6-7-13-25)14-26-17-10-4-5-11-18(17)27-21(26)23-24-22(27)31-15-20(29)30-16-8-2-1-3-9-16/h4-5,10-11,16H,1-3,6-9,12-15H2. The normalized spacial score (nSPS) is 17.6. The summed E-state index contributed by atoms with van der Waals surface area (Å²) in [6.45, 7) is 1.89. The molecule has 164 valence electrons. The zero-order valence-electron chi connectivity index (χ0n) is 17.5. The van der Waals surface area contributed by atoms with E-state index in [2.05, 4.69) is 10.2 Å². The molecule has 2 aromatic heterocycles. The van der Waals surface area contributed by atoms with Crippen LogP contribution in [0.25, 0.3) is 16.8 Å². The fraction of sp³-hybridized carbons (Fsp3) is 0.545. The van der Waals surface area contributed by atoms with E-state index < -0.39 is 0 Å². The quantitative estimate of drug-likeness (QED) is 0.431. The predicted octanol–water partition coefficient (Wildman–Crippen LogP) is 3.27. The molecule has 1 amide bonds. The average molecular weight is 442 g/mol. The number of likely N-dealkylation sites (tertiary alicyclic amines) is 1. The summed E-state index contributed by atoms with van der Waals surface area (Å²) in [6, 6.07) is 7.90. The van der Waals surface area contributed by atoms with Crippen LogP contribution in [0, 0.1) is 0 Å². The Morgan fingerprint density at radius 3 is 2.52 bits per heavy atom. The van der Waals surface area contributed by atoms with Gasteiger partial charge in [0, 0.05) is 13.1 Å². The van der Waals surface area contributed by atoms with E-state index in [0.29, 0.717) is 10.9 Å². The Kier molecular flexibility index (Phi) is 5.85. The molecule has 31 heavy (non-hydrogen) atoms. The third-order valence-corrected chi connectivity index (χ3v) is 7.10. The van der Waals surface area contributed by atoms with Crippen LogP contribution in [0.15, 0.2) is 29.4 Å². The highest BCUT2D eigenvalue weighted by Gasteiger charge is 2.24. The lowest BCUT2D eigenvalue weighted by Gasteiger charge is -2.21. The Balaban J connectivity index is 1.36. The smallest absolute Gasteiger partial charge is 0.316 e. The van der Waals surface area contributed by atoms with Crippen molar-refractivity contribution in [3.8, 4) is 0 Å². The van der Waals surface area contributed by atoms with Gasteiger partial charge in [0.25, 0.3) is 0 Å². The van der Waals surface area contributed by atoms with E-state index in [0.717, 1.165) is 62.6 Å². The number of benzene rings is 1. The van der Waals surface area contributed by atoms with E-state index in [1.54, 1.807) is 0 Å². The maximum atomic E-state index is 12.8. The van der Waals surface area contributed by atoms with Gasteiger partial charge in [-0.3, -0.25) is 18.6 Å². The first-order chi connectivity index (χ1) is 15.2. The molecule has 1 aromatic carbocycles. The molecule has 0 unspecified atom stereocenters. The first-order valence-corrected chi connectivity index (χ1v) is 12.1. The van der Waals surface area contributed by atoms with E-state index in [4.69, 9.17) is 4.74 Å². The molecule has 9 heteroatoms. The Hall–Kier alpha value is -2.55. The number of nitrogens with zero attached hydrogens (tertiary/aromatic N) is 5. The van der Waals surface area contributed by atoms with Crippen molar-refractivity contribution in [1.29, 1.82) is 0 Å². The fourth-order valence-electron chi connectivity index (χ4n) is 4.61. The SMILES string of the molecule is O=C(CSc1nnc2n(CC(=O)N3CCCC3)c3ccccc3n12)OC1CCCCC1. The van der Waals surface area contributed by atoms with Gasteiger partial charge >= 0.3 is 5.97 Å². The Bertz CT molecular complexity index is 1100. The molecule has 5 rings (SSSR count). The van der Waals surface area contributed by atoms with Crippen molar-refractivity contribution >= 4 is 40.4 Å². The minimum Gasteiger partial charge on any atom is -0.462 e. The second-order valence-corrected chi connectivity index (χ2v) is 9.26. The molecule has 3 heterocycles. The van der Waals surface area contributed by atoms with Gasteiger partial charge in [0.15, 0.2) is 5.16 Å². The minimum absolute atomic E-state index is 0.0544. The van der Waals surface area contributed by atoms with Crippen molar-refractivity contribution in [1.82, 2.24) is 24.1 Å². The molecule has 0 radical (unpaired) electrons. The number of amides is 1. The van der Waals surface area contributed by atoms with Gasteiger partial charge in [0.05, 0.1) is 16.8 Å². The zero-order valence-corrected chi connectivity index (χ0v) is 18.4. The van der Waals surface area contributed by atoms with Crippen LogP contribution in [0.4, 0.5) is 0 Å². The molecular weight excluding hydrogens is 414 g/mol. The number of carbonyl (C=O) groups is 2. The fourth-order valence-corrected chi connectivity index (χ4v) is 5.34. The van der Waals surface area contributed by atoms with Crippen molar-refractivity contribution in [3.63, 3.8) is 0 Å². The lowest BCUT2D eigenvalue weighted by Crippen LogP contribution is -2.31. The van der Waals surface area contributed by atoms with Gasteiger partial charge in [0.1, 0.15) is 12.6 Å². The largest absolute Gasteiger partial charge is 0.462 e. The molecule has 3 aromatic rings. The van der Waals surface area contributed by atoms with Gasteiger partial charge < -0.3 is 9.64 Å². The summed E-state index contributed by atoms with van der Waals surface area (Å²) in [5.74, 6) is 0.719. The van der Waals surface area contributed by atoms with Gasteiger partial charge in [-0.15, -0.1) is 10.2 Å². The molecule has 0 N–H and O–H groups in total. The number of hydrogen-bond acceptors (Lipinski definition) is 6. The number of hydrogen-bond donors (Lipinski definition) is 0. The third kappa shape index (κ3) is 4.15. The van der Waals surface area contributed by atoms with E-state index in [1.807, 2.05) is 38.1 Å². The molecule has 1 saturated heterocycles. The summed E-state index contributed by atoms with van der Waals surface area (Å²) >= 11 is 1.33. The molecule has 2 aliphatic rings. The minimum atomic E-state index is -0.207. The Morgan fingerprint density at radius 1 is 1.00 bits per heavy atom. The topological polar surface area (TPSA) is 81.7 Å². The van der Waals surface area contributed by atoms with Crippen LogP contribution >= 0.6 is 11.8 Å². The molecule has 2 fully saturated rings. The van der Waals surface area contributed by atoms with E-state index in [-0.39, 0.29) is 30.3 Å². The number of thioether (sulfide) groups is 1. The third-order valence-electron chi connectivity index (χ3n) is 6.19. The van der Waals surface area contributed by atoms with Gasteiger partial charge in [-0.1, -0.05) is 30.3 Å². The van der Waals surface area contributed by atoms with Crippen LogP contribution in [-0.2, 0) is 20.9 Å².